The minimum atomic E-state index is 0.810. The van der Waals surface area contributed by atoms with Crippen molar-refractivity contribution in [2.75, 3.05) is 0 Å². The molecule has 0 fully saturated rings. The standard InChI is InChI=1S/C48H30N4/c1-4-14-31(15-5-1)34-25-27-43-38(28-34)40-29-39-37-26-24-32-16-10-11-21-36(32)47(37)51(35-19-8-3-9-20-35)44(39)30-45(40)52(43)48-46(33-17-6-2-7-18-33)49-41-22-12-13-23-42(41)50-48/h1-30H. The number of nitrogens with zero attached hydrogens (tertiary/aromatic N) is 4. The van der Waals surface area contributed by atoms with Crippen LogP contribution in [0.5, 0.6) is 0 Å². The van der Waals surface area contributed by atoms with Crippen LogP contribution in [0.3, 0.4) is 0 Å². The molecule has 0 radical (unpaired) electrons. The highest BCUT2D eigenvalue weighted by Crippen LogP contribution is 2.43. The van der Waals surface area contributed by atoms with Crippen molar-refractivity contribution in [3.8, 4) is 33.9 Å². The highest BCUT2D eigenvalue weighted by Gasteiger charge is 2.23. The Bertz CT molecular complexity index is 3160. The maximum atomic E-state index is 5.41. The molecule has 0 spiro atoms. The third kappa shape index (κ3) is 4.28. The fraction of sp³-hybridized carbons (Fsp3) is 0. The Balaban J connectivity index is 1.34. The molecular weight excluding hydrogens is 633 g/mol. The lowest BCUT2D eigenvalue weighted by Gasteiger charge is -2.14. The molecule has 3 heterocycles. The molecular formula is C48H30N4. The van der Waals surface area contributed by atoms with Gasteiger partial charge in [0.2, 0.25) is 0 Å². The second-order valence-corrected chi connectivity index (χ2v) is 13.4. The van der Waals surface area contributed by atoms with Gasteiger partial charge in [-0.1, -0.05) is 133 Å². The van der Waals surface area contributed by atoms with Crippen LogP contribution in [0.4, 0.5) is 0 Å². The molecule has 242 valence electrons. The van der Waals surface area contributed by atoms with Gasteiger partial charge in [0.05, 0.1) is 33.1 Å². The van der Waals surface area contributed by atoms with Crippen LogP contribution in [-0.4, -0.2) is 19.1 Å². The SMILES string of the molecule is c1ccc(-c2ccc3c(c2)c2cc4c5ccc6ccccc6c5n(-c5ccccc5)c4cc2n3-c2nc3ccccc3nc2-c2ccccc2)cc1. The van der Waals surface area contributed by atoms with Gasteiger partial charge in [0.15, 0.2) is 5.82 Å². The number of para-hydroxylation sites is 3. The quantitative estimate of drug-likeness (QED) is 0.188. The number of hydrogen-bond donors (Lipinski definition) is 0. The van der Waals surface area contributed by atoms with Crippen LogP contribution in [-0.2, 0) is 0 Å². The zero-order chi connectivity index (χ0) is 34.2. The lowest BCUT2D eigenvalue weighted by molar-refractivity contribution is 1.08. The summed E-state index contributed by atoms with van der Waals surface area (Å²) >= 11 is 0. The molecule has 0 aliphatic heterocycles. The smallest absolute Gasteiger partial charge is 0.165 e. The van der Waals surface area contributed by atoms with E-state index >= 15 is 0 Å². The van der Waals surface area contributed by atoms with Crippen molar-refractivity contribution in [2.24, 2.45) is 0 Å². The van der Waals surface area contributed by atoms with Gasteiger partial charge >= 0.3 is 0 Å². The van der Waals surface area contributed by atoms with Crippen molar-refractivity contribution >= 4 is 65.4 Å². The van der Waals surface area contributed by atoms with Crippen molar-refractivity contribution in [3.05, 3.63) is 182 Å². The maximum Gasteiger partial charge on any atom is 0.165 e. The molecule has 11 aromatic rings. The monoisotopic (exact) mass is 662 g/mol. The highest BCUT2D eigenvalue weighted by molar-refractivity contribution is 6.23. The summed E-state index contributed by atoms with van der Waals surface area (Å²) in [4.78, 5) is 10.7. The second-order valence-electron chi connectivity index (χ2n) is 13.4. The lowest BCUT2D eigenvalue weighted by atomic mass is 10.0. The van der Waals surface area contributed by atoms with Crippen LogP contribution < -0.4 is 0 Å². The highest BCUT2D eigenvalue weighted by atomic mass is 15.1. The van der Waals surface area contributed by atoms with E-state index in [9.17, 15) is 0 Å². The average Bonchev–Trinajstić information content (AvgIpc) is 3.72. The molecule has 0 unspecified atom stereocenters. The van der Waals surface area contributed by atoms with E-state index in [0.29, 0.717) is 0 Å². The Morgan fingerprint density at radius 1 is 0.346 bits per heavy atom. The molecule has 0 atom stereocenters. The van der Waals surface area contributed by atoms with Gasteiger partial charge in [-0.05, 0) is 65.0 Å². The summed E-state index contributed by atoms with van der Waals surface area (Å²) in [6.45, 7) is 0. The van der Waals surface area contributed by atoms with E-state index in [4.69, 9.17) is 9.97 Å². The molecule has 8 aromatic carbocycles. The predicted octanol–water partition coefficient (Wildman–Crippen LogP) is 12.3. The van der Waals surface area contributed by atoms with Gasteiger partial charge in [0.25, 0.3) is 0 Å². The van der Waals surface area contributed by atoms with E-state index in [0.717, 1.165) is 50.3 Å². The summed E-state index contributed by atoms with van der Waals surface area (Å²) in [5.74, 6) is 0.810. The first-order valence-electron chi connectivity index (χ1n) is 17.7. The predicted molar refractivity (Wildman–Crippen MR) is 217 cm³/mol. The molecule has 11 rings (SSSR count). The van der Waals surface area contributed by atoms with E-state index in [-0.39, 0.29) is 0 Å². The van der Waals surface area contributed by atoms with E-state index in [1.54, 1.807) is 0 Å². The topological polar surface area (TPSA) is 35.6 Å². The fourth-order valence-electron chi connectivity index (χ4n) is 8.11. The van der Waals surface area contributed by atoms with E-state index in [2.05, 4.69) is 167 Å². The number of fused-ring (bicyclic) bond motifs is 9. The normalized spacial score (nSPS) is 11.8. The second kappa shape index (κ2) is 11.2. The van der Waals surface area contributed by atoms with Crippen LogP contribution in [0.1, 0.15) is 0 Å². The number of benzene rings is 8. The van der Waals surface area contributed by atoms with Crippen molar-refractivity contribution in [1.82, 2.24) is 19.1 Å². The van der Waals surface area contributed by atoms with Crippen LogP contribution in [0, 0.1) is 0 Å². The third-order valence-corrected chi connectivity index (χ3v) is 10.5. The summed E-state index contributed by atoms with van der Waals surface area (Å²) in [6, 6.07) is 64.8. The van der Waals surface area contributed by atoms with Crippen molar-refractivity contribution < 1.29 is 0 Å². The van der Waals surface area contributed by atoms with Gasteiger partial charge in [-0.3, -0.25) is 4.57 Å². The molecule has 0 bridgehead atoms. The van der Waals surface area contributed by atoms with Gasteiger partial charge in [-0.15, -0.1) is 0 Å². The Kier molecular flexibility index (Phi) is 6.22. The lowest BCUT2D eigenvalue weighted by Crippen LogP contribution is -2.04. The Morgan fingerprint density at radius 2 is 0.962 bits per heavy atom. The molecule has 0 amide bonds. The molecule has 0 saturated heterocycles. The molecule has 4 nitrogen and oxygen atoms in total. The summed E-state index contributed by atoms with van der Waals surface area (Å²) in [6.07, 6.45) is 0. The zero-order valence-corrected chi connectivity index (χ0v) is 28.1. The Morgan fingerprint density at radius 3 is 1.75 bits per heavy atom. The molecule has 4 heteroatoms. The maximum absolute atomic E-state index is 5.41. The van der Waals surface area contributed by atoms with Crippen LogP contribution in [0.15, 0.2) is 182 Å². The van der Waals surface area contributed by atoms with Gasteiger partial charge in [-0.2, -0.15) is 0 Å². The Labute approximate surface area is 299 Å². The van der Waals surface area contributed by atoms with Crippen molar-refractivity contribution in [3.63, 3.8) is 0 Å². The van der Waals surface area contributed by atoms with Crippen LogP contribution in [0.2, 0.25) is 0 Å². The van der Waals surface area contributed by atoms with Crippen LogP contribution in [0.25, 0.3) is 99.3 Å². The molecule has 0 saturated carbocycles. The minimum Gasteiger partial charge on any atom is -0.309 e. The fourth-order valence-corrected chi connectivity index (χ4v) is 8.11. The summed E-state index contributed by atoms with van der Waals surface area (Å²) in [5.41, 5.74) is 11.6. The zero-order valence-electron chi connectivity index (χ0n) is 28.1. The number of hydrogen-bond acceptors (Lipinski definition) is 2. The first-order valence-corrected chi connectivity index (χ1v) is 17.7. The molecule has 0 aliphatic rings. The van der Waals surface area contributed by atoms with E-state index in [1.807, 2.05) is 24.3 Å². The first kappa shape index (κ1) is 28.8. The van der Waals surface area contributed by atoms with Gasteiger partial charge in [0, 0.05) is 38.2 Å². The third-order valence-electron chi connectivity index (χ3n) is 10.5. The van der Waals surface area contributed by atoms with Crippen molar-refractivity contribution in [2.45, 2.75) is 0 Å². The van der Waals surface area contributed by atoms with Crippen molar-refractivity contribution in [1.29, 1.82) is 0 Å². The average molecular weight is 663 g/mol. The van der Waals surface area contributed by atoms with E-state index in [1.165, 1.54) is 49.0 Å². The first-order chi connectivity index (χ1) is 25.8. The number of rotatable bonds is 4. The molecule has 52 heavy (non-hydrogen) atoms. The molecule has 0 N–H and O–H groups in total. The summed E-state index contributed by atoms with van der Waals surface area (Å²) in [7, 11) is 0. The Hall–Kier alpha value is -7.04. The van der Waals surface area contributed by atoms with Gasteiger partial charge in [-0.25, -0.2) is 9.97 Å². The minimum absolute atomic E-state index is 0.810. The molecule has 3 aromatic heterocycles. The largest absolute Gasteiger partial charge is 0.309 e. The van der Waals surface area contributed by atoms with Gasteiger partial charge < -0.3 is 4.57 Å². The van der Waals surface area contributed by atoms with Crippen LogP contribution >= 0.6 is 0 Å². The summed E-state index contributed by atoms with van der Waals surface area (Å²) in [5, 5.41) is 7.25. The van der Waals surface area contributed by atoms with Gasteiger partial charge in [0.1, 0.15) is 5.69 Å². The molecule has 0 aliphatic carbocycles. The van der Waals surface area contributed by atoms with E-state index < -0.39 is 0 Å². The number of aromatic nitrogens is 4. The summed E-state index contributed by atoms with van der Waals surface area (Å²) < 4.78 is 4.78.